The molecule has 0 aliphatic carbocycles. The van der Waals surface area contributed by atoms with E-state index in [2.05, 4.69) is 17.6 Å². The van der Waals surface area contributed by atoms with E-state index < -0.39 is 0 Å². The fraction of sp³-hybridized carbons (Fsp3) is 0.556. The van der Waals surface area contributed by atoms with Crippen LogP contribution in [0, 0.1) is 6.92 Å². The van der Waals surface area contributed by atoms with E-state index in [1.165, 1.54) is 6.92 Å². The molecular weight excluding hydrogens is 306 g/mol. The van der Waals surface area contributed by atoms with Crippen molar-refractivity contribution < 1.29 is 14.3 Å². The molecule has 1 saturated heterocycles. The SMILES string of the molecule is CCCOC1CCCN(C(=O)Nc2cc(NC(C)=O)ccc2C)C1. The highest BCUT2D eigenvalue weighted by molar-refractivity contribution is 5.93. The summed E-state index contributed by atoms with van der Waals surface area (Å²) >= 11 is 0. The van der Waals surface area contributed by atoms with Gasteiger partial charge in [-0.25, -0.2) is 4.79 Å². The van der Waals surface area contributed by atoms with Crippen LogP contribution in [0.5, 0.6) is 0 Å². The summed E-state index contributed by atoms with van der Waals surface area (Å²) < 4.78 is 5.78. The third-order valence-corrected chi connectivity index (χ3v) is 4.02. The van der Waals surface area contributed by atoms with Crippen LogP contribution in [-0.4, -0.2) is 42.6 Å². The maximum atomic E-state index is 12.5. The van der Waals surface area contributed by atoms with Gasteiger partial charge in [0.05, 0.1) is 6.10 Å². The van der Waals surface area contributed by atoms with E-state index in [0.717, 1.165) is 38.0 Å². The standard InChI is InChI=1S/C18H27N3O3/c1-4-10-24-16-6-5-9-21(12-16)18(23)20-17-11-15(19-14(3)22)8-7-13(17)2/h7-8,11,16H,4-6,9-10,12H2,1-3H3,(H,19,22)(H,20,23). The topological polar surface area (TPSA) is 70.7 Å². The lowest BCUT2D eigenvalue weighted by Crippen LogP contribution is -2.45. The number of aryl methyl sites for hydroxylation is 1. The molecule has 1 aliphatic heterocycles. The largest absolute Gasteiger partial charge is 0.376 e. The molecule has 132 valence electrons. The van der Waals surface area contributed by atoms with Crippen LogP contribution < -0.4 is 10.6 Å². The van der Waals surface area contributed by atoms with Crippen molar-refractivity contribution in [1.82, 2.24) is 4.90 Å². The summed E-state index contributed by atoms with van der Waals surface area (Å²) in [6.07, 6.45) is 3.06. The molecule has 24 heavy (non-hydrogen) atoms. The van der Waals surface area contributed by atoms with Crippen molar-refractivity contribution in [1.29, 1.82) is 0 Å². The number of likely N-dealkylation sites (tertiary alicyclic amines) is 1. The molecule has 1 aromatic carbocycles. The van der Waals surface area contributed by atoms with E-state index in [9.17, 15) is 9.59 Å². The molecule has 1 atom stereocenters. The van der Waals surface area contributed by atoms with Crippen LogP contribution in [0.3, 0.4) is 0 Å². The summed E-state index contributed by atoms with van der Waals surface area (Å²) in [5, 5.41) is 5.68. The van der Waals surface area contributed by atoms with Gasteiger partial charge in [-0.2, -0.15) is 0 Å². The highest BCUT2D eigenvalue weighted by Crippen LogP contribution is 2.22. The van der Waals surface area contributed by atoms with E-state index in [1.807, 2.05) is 19.1 Å². The first-order valence-corrected chi connectivity index (χ1v) is 8.55. The zero-order valence-corrected chi connectivity index (χ0v) is 14.7. The average molecular weight is 333 g/mol. The Bertz CT molecular complexity index is 589. The molecule has 3 amide bonds. The Kier molecular flexibility index (Phi) is 6.61. The number of ether oxygens (including phenoxy) is 1. The molecule has 1 aromatic rings. The lowest BCUT2D eigenvalue weighted by molar-refractivity contribution is -0.114. The van der Waals surface area contributed by atoms with E-state index in [-0.39, 0.29) is 18.0 Å². The number of urea groups is 1. The Morgan fingerprint density at radius 3 is 2.83 bits per heavy atom. The van der Waals surface area contributed by atoms with E-state index in [1.54, 1.807) is 11.0 Å². The molecule has 0 bridgehead atoms. The van der Waals surface area contributed by atoms with Gasteiger partial charge < -0.3 is 20.3 Å². The quantitative estimate of drug-likeness (QED) is 0.868. The summed E-state index contributed by atoms with van der Waals surface area (Å²) in [4.78, 5) is 25.5. The van der Waals surface area contributed by atoms with Crippen molar-refractivity contribution in [3.05, 3.63) is 23.8 Å². The number of hydrogen-bond acceptors (Lipinski definition) is 3. The van der Waals surface area contributed by atoms with Crippen LogP contribution in [-0.2, 0) is 9.53 Å². The van der Waals surface area contributed by atoms with Gasteiger partial charge in [0.15, 0.2) is 0 Å². The first-order chi connectivity index (χ1) is 11.5. The van der Waals surface area contributed by atoms with Gasteiger partial charge in [-0.15, -0.1) is 0 Å². The second-order valence-electron chi connectivity index (χ2n) is 6.22. The summed E-state index contributed by atoms with van der Waals surface area (Å²) in [5.41, 5.74) is 2.34. The molecule has 6 nitrogen and oxygen atoms in total. The lowest BCUT2D eigenvalue weighted by atomic mass is 10.1. The molecule has 2 N–H and O–H groups in total. The molecule has 0 aromatic heterocycles. The van der Waals surface area contributed by atoms with Crippen molar-refractivity contribution in [2.45, 2.75) is 46.1 Å². The zero-order valence-electron chi connectivity index (χ0n) is 14.7. The second-order valence-corrected chi connectivity index (χ2v) is 6.22. The highest BCUT2D eigenvalue weighted by Gasteiger charge is 2.24. The van der Waals surface area contributed by atoms with E-state index in [0.29, 0.717) is 17.9 Å². The Morgan fingerprint density at radius 2 is 2.12 bits per heavy atom. The maximum Gasteiger partial charge on any atom is 0.321 e. The van der Waals surface area contributed by atoms with Crippen molar-refractivity contribution >= 4 is 23.3 Å². The summed E-state index contributed by atoms with van der Waals surface area (Å²) in [7, 11) is 0. The molecule has 1 unspecified atom stereocenters. The fourth-order valence-corrected chi connectivity index (χ4v) is 2.78. The first kappa shape index (κ1) is 18.3. The number of rotatable bonds is 5. The first-order valence-electron chi connectivity index (χ1n) is 8.55. The monoisotopic (exact) mass is 333 g/mol. The maximum absolute atomic E-state index is 12.5. The normalized spacial score (nSPS) is 17.5. The summed E-state index contributed by atoms with van der Waals surface area (Å²) in [6, 6.07) is 5.36. The predicted octanol–water partition coefficient (Wildman–Crippen LogP) is 3.38. The number of piperidine rings is 1. The predicted molar refractivity (Wildman–Crippen MR) is 95.3 cm³/mol. The Morgan fingerprint density at radius 1 is 1.33 bits per heavy atom. The third kappa shape index (κ3) is 5.23. The second kappa shape index (κ2) is 8.68. The molecule has 0 spiro atoms. The van der Waals surface area contributed by atoms with Crippen molar-refractivity contribution in [2.75, 3.05) is 30.3 Å². The molecule has 1 heterocycles. The van der Waals surface area contributed by atoms with Crippen LogP contribution in [0.15, 0.2) is 18.2 Å². The van der Waals surface area contributed by atoms with Gasteiger partial charge in [0.1, 0.15) is 0 Å². The molecule has 1 fully saturated rings. The number of carbonyl (C=O) groups is 2. The molecule has 6 heteroatoms. The van der Waals surface area contributed by atoms with Crippen LogP contribution in [0.25, 0.3) is 0 Å². The van der Waals surface area contributed by atoms with Crippen molar-refractivity contribution in [3.8, 4) is 0 Å². The van der Waals surface area contributed by atoms with Gasteiger partial charge in [-0.1, -0.05) is 13.0 Å². The fourth-order valence-electron chi connectivity index (χ4n) is 2.78. The number of anilines is 2. The number of amides is 3. The Balaban J connectivity index is 1.99. The molecule has 1 aliphatic rings. The number of nitrogens with one attached hydrogen (secondary N) is 2. The minimum absolute atomic E-state index is 0.122. The van der Waals surface area contributed by atoms with E-state index >= 15 is 0 Å². The van der Waals surface area contributed by atoms with E-state index in [4.69, 9.17) is 4.74 Å². The van der Waals surface area contributed by atoms with Gasteiger partial charge in [0.2, 0.25) is 5.91 Å². The van der Waals surface area contributed by atoms with Crippen LogP contribution in [0.2, 0.25) is 0 Å². The average Bonchev–Trinajstić information content (AvgIpc) is 2.55. The highest BCUT2D eigenvalue weighted by atomic mass is 16.5. The summed E-state index contributed by atoms with van der Waals surface area (Å²) in [5.74, 6) is -0.136. The molecule has 0 radical (unpaired) electrons. The third-order valence-electron chi connectivity index (χ3n) is 4.02. The Hall–Kier alpha value is -2.08. The minimum Gasteiger partial charge on any atom is -0.376 e. The van der Waals surface area contributed by atoms with Crippen LogP contribution in [0.4, 0.5) is 16.2 Å². The molecule has 2 rings (SSSR count). The lowest BCUT2D eigenvalue weighted by Gasteiger charge is -2.32. The van der Waals surface area contributed by atoms with Crippen LogP contribution >= 0.6 is 0 Å². The van der Waals surface area contributed by atoms with Crippen molar-refractivity contribution in [3.63, 3.8) is 0 Å². The Labute approximate surface area is 143 Å². The zero-order chi connectivity index (χ0) is 17.5. The number of hydrogen-bond donors (Lipinski definition) is 2. The van der Waals surface area contributed by atoms with Gasteiger partial charge in [0, 0.05) is 38.0 Å². The number of carbonyl (C=O) groups excluding carboxylic acids is 2. The van der Waals surface area contributed by atoms with Gasteiger partial charge in [0.25, 0.3) is 0 Å². The van der Waals surface area contributed by atoms with Gasteiger partial charge in [-0.05, 0) is 43.9 Å². The van der Waals surface area contributed by atoms with Gasteiger partial charge >= 0.3 is 6.03 Å². The number of nitrogens with zero attached hydrogens (tertiary/aromatic N) is 1. The molecular formula is C18H27N3O3. The molecule has 0 saturated carbocycles. The summed E-state index contributed by atoms with van der Waals surface area (Å²) in [6.45, 7) is 7.56. The number of benzene rings is 1. The van der Waals surface area contributed by atoms with Crippen molar-refractivity contribution in [2.24, 2.45) is 0 Å². The van der Waals surface area contributed by atoms with Crippen LogP contribution in [0.1, 0.15) is 38.7 Å². The van der Waals surface area contributed by atoms with Gasteiger partial charge in [-0.3, -0.25) is 4.79 Å². The smallest absolute Gasteiger partial charge is 0.321 e. The minimum atomic E-state index is -0.136.